The maximum absolute atomic E-state index is 11.0. The fourth-order valence-corrected chi connectivity index (χ4v) is 2.48. The van der Waals surface area contributed by atoms with Gasteiger partial charge >= 0.3 is 0 Å². The summed E-state index contributed by atoms with van der Waals surface area (Å²) in [6.07, 6.45) is 7.14. The fraction of sp³-hybridized carbons (Fsp3) is 0.273. The number of thiazole rings is 1. The summed E-state index contributed by atoms with van der Waals surface area (Å²) in [6.45, 7) is 0. The Bertz CT molecular complexity index is 515. The number of hydrogen-bond donors (Lipinski definition) is 2. The molecule has 0 aliphatic heterocycles. The molecule has 0 aromatic carbocycles. The van der Waals surface area contributed by atoms with Crippen LogP contribution in [0, 0.1) is 0 Å². The first kappa shape index (κ1) is 13.0. The van der Waals surface area contributed by atoms with Crippen molar-refractivity contribution in [2.24, 2.45) is 0 Å². The lowest BCUT2D eigenvalue weighted by molar-refractivity contribution is -0.119. The summed E-state index contributed by atoms with van der Waals surface area (Å²) < 4.78 is 2.31. The molecule has 5 nitrogen and oxygen atoms in total. The van der Waals surface area contributed by atoms with Crippen LogP contribution in [0.1, 0.15) is 17.7 Å². The van der Waals surface area contributed by atoms with E-state index in [1.165, 1.54) is 6.33 Å². The minimum atomic E-state index is -0.0566. The van der Waals surface area contributed by atoms with Crippen LogP contribution in [-0.2, 0) is 11.2 Å². The molecule has 0 unspecified atom stereocenters. The van der Waals surface area contributed by atoms with Gasteiger partial charge in [-0.1, -0.05) is 12.8 Å². The minimum absolute atomic E-state index is 0.0566. The van der Waals surface area contributed by atoms with E-state index in [2.05, 4.69) is 32.5 Å². The zero-order valence-corrected chi connectivity index (χ0v) is 11.2. The van der Waals surface area contributed by atoms with E-state index in [4.69, 9.17) is 0 Å². The molecule has 2 aromatic heterocycles. The summed E-state index contributed by atoms with van der Waals surface area (Å²) in [5.41, 5.74) is 0.828. The molecule has 0 radical (unpaired) electrons. The van der Waals surface area contributed by atoms with E-state index in [0.29, 0.717) is 6.42 Å². The Morgan fingerprint density at radius 2 is 2.33 bits per heavy atom. The highest BCUT2D eigenvalue weighted by molar-refractivity contribution is 7.78. The molecule has 0 saturated carbocycles. The van der Waals surface area contributed by atoms with Gasteiger partial charge in [0.05, 0.1) is 0 Å². The normalized spacial score (nSPS) is 10.3. The van der Waals surface area contributed by atoms with Crippen molar-refractivity contribution in [3.8, 4) is 10.7 Å². The molecule has 1 N–H and O–H groups in total. The van der Waals surface area contributed by atoms with E-state index in [-0.39, 0.29) is 5.91 Å². The highest BCUT2D eigenvalue weighted by Gasteiger charge is 2.06. The Kier molecular flexibility index (Phi) is 4.66. The molecule has 94 valence electrons. The average molecular weight is 280 g/mol. The van der Waals surface area contributed by atoms with Gasteiger partial charge in [0.1, 0.15) is 17.0 Å². The Balaban J connectivity index is 1.93. The first-order valence-electron chi connectivity index (χ1n) is 5.43. The molecule has 2 heterocycles. The van der Waals surface area contributed by atoms with Crippen molar-refractivity contribution in [3.63, 3.8) is 0 Å². The zero-order chi connectivity index (χ0) is 12.8. The smallest absolute Gasteiger partial charge is 0.229 e. The topological polar surface area (TPSA) is 67.8 Å². The summed E-state index contributed by atoms with van der Waals surface area (Å²) in [6, 6.07) is 1.83. The number of aromatic nitrogens is 3. The van der Waals surface area contributed by atoms with Gasteiger partial charge in [-0.25, -0.2) is 15.0 Å². The van der Waals surface area contributed by atoms with Gasteiger partial charge in [0.15, 0.2) is 0 Å². The second-order valence-corrected chi connectivity index (χ2v) is 4.95. The van der Waals surface area contributed by atoms with Crippen LogP contribution >= 0.6 is 24.2 Å². The number of aryl methyl sites for hydroxylation is 1. The number of carbonyl (C=O) groups is 1. The van der Waals surface area contributed by atoms with Gasteiger partial charge in [-0.3, -0.25) is 4.79 Å². The van der Waals surface area contributed by atoms with E-state index in [0.717, 1.165) is 28.4 Å². The van der Waals surface area contributed by atoms with Gasteiger partial charge in [-0.15, -0.1) is 11.3 Å². The molecule has 0 aliphatic carbocycles. The van der Waals surface area contributed by atoms with Gasteiger partial charge in [0.2, 0.25) is 5.91 Å². The Labute approximate surface area is 114 Å². The van der Waals surface area contributed by atoms with E-state index < -0.39 is 0 Å². The van der Waals surface area contributed by atoms with E-state index in [1.807, 2.05) is 12.3 Å². The second-order valence-electron chi connectivity index (χ2n) is 3.61. The molecule has 0 bridgehead atoms. The molecule has 0 atom stereocenters. The van der Waals surface area contributed by atoms with Gasteiger partial charge in [-0.05, 0) is 18.9 Å². The van der Waals surface area contributed by atoms with E-state index in [1.54, 1.807) is 17.5 Å². The molecule has 18 heavy (non-hydrogen) atoms. The Hall–Kier alpha value is -1.47. The van der Waals surface area contributed by atoms with Crippen LogP contribution in [0.5, 0.6) is 0 Å². The fourth-order valence-electron chi connectivity index (χ4n) is 1.44. The molecule has 2 rings (SSSR count). The number of thiol groups is 1. The van der Waals surface area contributed by atoms with Crippen molar-refractivity contribution >= 4 is 30.1 Å². The second kappa shape index (κ2) is 6.46. The summed E-state index contributed by atoms with van der Waals surface area (Å²) >= 11 is 5.30. The molecule has 0 fully saturated rings. The van der Waals surface area contributed by atoms with Crippen molar-refractivity contribution in [2.45, 2.75) is 19.3 Å². The predicted molar refractivity (Wildman–Crippen MR) is 73.2 cm³/mol. The quantitative estimate of drug-likeness (QED) is 0.821. The number of nitrogens with zero attached hydrogens (tertiary/aromatic N) is 3. The predicted octanol–water partition coefficient (Wildman–Crippen LogP) is 1.88. The van der Waals surface area contributed by atoms with Gasteiger partial charge in [-0.2, -0.15) is 0 Å². The summed E-state index contributed by atoms with van der Waals surface area (Å²) in [5, 5.41) is 0.881. The van der Waals surface area contributed by atoms with Crippen LogP contribution in [0.15, 0.2) is 24.8 Å². The van der Waals surface area contributed by atoms with Crippen LogP contribution in [0.25, 0.3) is 10.7 Å². The number of hydrogen-bond acceptors (Lipinski definition) is 6. The third-order valence-corrected chi connectivity index (χ3v) is 3.64. The van der Waals surface area contributed by atoms with Crippen LogP contribution < -0.4 is 4.72 Å². The molecule has 7 heteroatoms. The van der Waals surface area contributed by atoms with Crippen LogP contribution in [0.2, 0.25) is 0 Å². The van der Waals surface area contributed by atoms with Gasteiger partial charge < -0.3 is 4.72 Å². The van der Waals surface area contributed by atoms with Crippen molar-refractivity contribution in [3.05, 3.63) is 29.7 Å². The zero-order valence-electron chi connectivity index (χ0n) is 9.54. The summed E-state index contributed by atoms with van der Waals surface area (Å²) in [5.74, 6) is -0.0566. The molecular weight excluding hydrogens is 268 g/mol. The van der Waals surface area contributed by atoms with Crippen LogP contribution in [0.4, 0.5) is 0 Å². The first-order valence-corrected chi connectivity index (χ1v) is 6.70. The third-order valence-electron chi connectivity index (χ3n) is 2.31. The van der Waals surface area contributed by atoms with E-state index >= 15 is 0 Å². The molecule has 2 aromatic rings. The lowest BCUT2D eigenvalue weighted by Gasteiger charge is -1.96. The molecular formula is C11H12N4OS2. The third kappa shape index (κ3) is 3.51. The maximum Gasteiger partial charge on any atom is 0.229 e. The minimum Gasteiger partial charge on any atom is -0.303 e. The summed E-state index contributed by atoms with van der Waals surface area (Å²) in [7, 11) is 0. The molecule has 1 amide bonds. The van der Waals surface area contributed by atoms with Crippen LogP contribution in [0.3, 0.4) is 0 Å². The molecule has 0 aliphatic rings. The molecule has 0 spiro atoms. The average Bonchev–Trinajstić information content (AvgIpc) is 2.88. The SMILES string of the molecule is O=C(CCCc1cnc(-c2ccncn2)s1)NS. The van der Waals surface area contributed by atoms with Crippen molar-refractivity contribution in [1.82, 2.24) is 19.7 Å². The van der Waals surface area contributed by atoms with Gasteiger partial charge in [0, 0.05) is 23.7 Å². The molecule has 0 saturated heterocycles. The number of carbonyl (C=O) groups excluding carboxylic acids is 1. The number of amides is 1. The lowest BCUT2D eigenvalue weighted by Crippen LogP contribution is -2.11. The number of rotatable bonds is 5. The highest BCUT2D eigenvalue weighted by atomic mass is 32.1. The Morgan fingerprint density at radius 3 is 3.06 bits per heavy atom. The van der Waals surface area contributed by atoms with Crippen molar-refractivity contribution in [1.29, 1.82) is 0 Å². The van der Waals surface area contributed by atoms with Crippen molar-refractivity contribution < 1.29 is 4.79 Å². The standard InChI is InChI=1S/C11H12N4OS2/c16-10(15-17)3-1-2-8-6-13-11(18-8)9-4-5-12-7-14-9/h4-7,17H,1-3H2,(H,15,16). The lowest BCUT2D eigenvalue weighted by atomic mass is 10.2. The largest absolute Gasteiger partial charge is 0.303 e. The Morgan fingerprint density at radius 1 is 1.44 bits per heavy atom. The monoisotopic (exact) mass is 280 g/mol. The highest BCUT2D eigenvalue weighted by Crippen LogP contribution is 2.23. The first-order chi connectivity index (χ1) is 8.79. The van der Waals surface area contributed by atoms with Crippen LogP contribution in [-0.4, -0.2) is 20.9 Å². The summed E-state index contributed by atoms with van der Waals surface area (Å²) in [4.78, 5) is 24.5. The van der Waals surface area contributed by atoms with Gasteiger partial charge in [0.25, 0.3) is 0 Å². The van der Waals surface area contributed by atoms with E-state index in [9.17, 15) is 4.79 Å². The van der Waals surface area contributed by atoms with Crippen molar-refractivity contribution in [2.75, 3.05) is 0 Å². The maximum atomic E-state index is 11.0. The number of nitrogens with one attached hydrogen (secondary N) is 1.